The summed E-state index contributed by atoms with van der Waals surface area (Å²) >= 11 is 0. The Kier molecular flexibility index (Phi) is 5.08. The third-order valence-corrected chi connectivity index (χ3v) is 6.32. The van der Waals surface area contributed by atoms with Crippen molar-refractivity contribution in [2.24, 2.45) is 18.4 Å². The second-order valence-corrected chi connectivity index (χ2v) is 9.69. The molecule has 1 saturated carbocycles. The summed E-state index contributed by atoms with van der Waals surface area (Å²) in [5, 5.41) is 3.62. The van der Waals surface area contributed by atoms with E-state index in [1.165, 1.54) is 11.0 Å². The monoisotopic (exact) mass is 409 g/mol. The van der Waals surface area contributed by atoms with Crippen LogP contribution >= 0.6 is 0 Å². The molecule has 0 saturated heterocycles. The molecule has 0 amide bonds. The zero-order valence-corrected chi connectivity index (χ0v) is 18.5. The van der Waals surface area contributed by atoms with Gasteiger partial charge in [0.15, 0.2) is 11.2 Å². The molecule has 3 aromatic rings. The first-order valence-corrected chi connectivity index (χ1v) is 10.7. The molecule has 7 heteroatoms. The summed E-state index contributed by atoms with van der Waals surface area (Å²) < 4.78 is 3.33. The number of rotatable bonds is 4. The van der Waals surface area contributed by atoms with Crippen LogP contribution in [-0.4, -0.2) is 25.1 Å². The van der Waals surface area contributed by atoms with Gasteiger partial charge < -0.3 is 5.32 Å². The molecule has 160 valence electrons. The summed E-state index contributed by atoms with van der Waals surface area (Å²) in [6.07, 6.45) is 3.31. The van der Waals surface area contributed by atoms with Gasteiger partial charge in [0.25, 0.3) is 5.56 Å². The third-order valence-electron chi connectivity index (χ3n) is 6.32. The minimum Gasteiger partial charge on any atom is -0.353 e. The number of hydrogen-bond acceptors (Lipinski definition) is 4. The molecule has 0 spiro atoms. The molecular formula is C23H31N5O2. The lowest BCUT2D eigenvalue weighted by molar-refractivity contribution is 0.177. The van der Waals surface area contributed by atoms with Gasteiger partial charge in [-0.25, -0.2) is 4.79 Å². The van der Waals surface area contributed by atoms with Crippen LogP contribution in [0.1, 0.15) is 51.2 Å². The van der Waals surface area contributed by atoms with E-state index in [0.717, 1.165) is 24.0 Å². The zero-order valence-electron chi connectivity index (χ0n) is 18.5. The molecule has 1 aromatic carbocycles. The molecule has 7 nitrogen and oxygen atoms in total. The van der Waals surface area contributed by atoms with E-state index in [9.17, 15) is 9.59 Å². The highest BCUT2D eigenvalue weighted by Gasteiger charge is 2.33. The first-order chi connectivity index (χ1) is 14.1. The number of aromatic nitrogens is 4. The number of nitrogens with one attached hydrogen (secondary N) is 2. The van der Waals surface area contributed by atoms with Crippen molar-refractivity contribution >= 4 is 17.1 Å². The van der Waals surface area contributed by atoms with Gasteiger partial charge in [-0.1, -0.05) is 45.0 Å². The fraction of sp³-hybridized carbons (Fsp3) is 0.522. The summed E-state index contributed by atoms with van der Waals surface area (Å²) in [4.78, 5) is 32.0. The van der Waals surface area contributed by atoms with Gasteiger partial charge >= 0.3 is 5.69 Å². The van der Waals surface area contributed by atoms with Gasteiger partial charge in [-0.05, 0) is 48.6 Å². The van der Waals surface area contributed by atoms with Gasteiger partial charge in [0.1, 0.15) is 0 Å². The smallest absolute Gasteiger partial charge is 0.329 e. The van der Waals surface area contributed by atoms with E-state index in [1.54, 1.807) is 7.05 Å². The number of H-pyrrole nitrogens is 1. The van der Waals surface area contributed by atoms with Crippen LogP contribution in [0.2, 0.25) is 0 Å². The van der Waals surface area contributed by atoms with Gasteiger partial charge in [-0.15, -0.1) is 0 Å². The lowest BCUT2D eigenvalue weighted by Gasteiger charge is -2.39. The normalized spacial score (nSPS) is 21.1. The van der Waals surface area contributed by atoms with Gasteiger partial charge in [0, 0.05) is 13.1 Å². The highest BCUT2D eigenvalue weighted by Crippen LogP contribution is 2.39. The predicted molar refractivity (Wildman–Crippen MR) is 120 cm³/mol. The predicted octanol–water partition coefficient (Wildman–Crippen LogP) is 3.41. The highest BCUT2D eigenvalue weighted by molar-refractivity contribution is 5.74. The quantitative estimate of drug-likeness (QED) is 0.692. The Morgan fingerprint density at radius 1 is 1.23 bits per heavy atom. The Morgan fingerprint density at radius 3 is 2.67 bits per heavy atom. The molecule has 30 heavy (non-hydrogen) atoms. The maximum absolute atomic E-state index is 12.8. The maximum Gasteiger partial charge on any atom is 0.329 e. The van der Waals surface area contributed by atoms with Crippen LogP contribution < -0.4 is 16.6 Å². The first kappa shape index (κ1) is 20.4. The SMILES string of the molecule is Cc1ccccc1Cn1c(N[C@H]2C[C@H](C)CC(C)(C)C2)nc2c1c(=O)[nH]c(=O)n2C. The summed E-state index contributed by atoms with van der Waals surface area (Å²) in [6, 6.07) is 8.40. The van der Waals surface area contributed by atoms with Crippen LogP contribution in [0.25, 0.3) is 11.2 Å². The Balaban J connectivity index is 1.83. The van der Waals surface area contributed by atoms with Gasteiger partial charge in [-0.2, -0.15) is 4.98 Å². The number of anilines is 1. The van der Waals surface area contributed by atoms with Gasteiger partial charge in [0.2, 0.25) is 5.95 Å². The van der Waals surface area contributed by atoms with E-state index in [-0.39, 0.29) is 11.5 Å². The molecular weight excluding hydrogens is 378 g/mol. The van der Waals surface area contributed by atoms with E-state index in [0.29, 0.717) is 29.6 Å². The highest BCUT2D eigenvalue weighted by atomic mass is 16.2. The Bertz CT molecular complexity index is 1200. The molecule has 0 unspecified atom stereocenters. The molecule has 1 aliphatic rings. The standard InChI is InChI=1S/C23H31N5O2/c1-14-10-17(12-23(3,4)11-14)24-21-25-19-18(20(29)26-22(30)27(19)5)28(21)13-16-9-7-6-8-15(16)2/h6-9,14,17H,10-13H2,1-5H3,(H,24,25)(H,26,29,30)/t14-,17-/m0/s1. The van der Waals surface area contributed by atoms with Crippen LogP contribution in [0.15, 0.2) is 33.9 Å². The topological polar surface area (TPSA) is 84.7 Å². The largest absolute Gasteiger partial charge is 0.353 e. The van der Waals surface area contributed by atoms with Crippen molar-refractivity contribution < 1.29 is 0 Å². The molecule has 0 bridgehead atoms. The summed E-state index contributed by atoms with van der Waals surface area (Å²) in [5.41, 5.74) is 2.50. The molecule has 4 rings (SSSR count). The van der Waals surface area contributed by atoms with Crippen LogP contribution in [0.4, 0.5) is 5.95 Å². The fourth-order valence-electron chi connectivity index (χ4n) is 5.10. The Morgan fingerprint density at radius 2 is 1.97 bits per heavy atom. The van der Waals surface area contributed by atoms with E-state index in [1.807, 2.05) is 16.7 Å². The number of imidazole rings is 1. The molecule has 0 aliphatic heterocycles. The van der Waals surface area contributed by atoms with Crippen LogP contribution in [0.3, 0.4) is 0 Å². The molecule has 2 N–H and O–H groups in total. The zero-order chi connectivity index (χ0) is 21.6. The van der Waals surface area contributed by atoms with E-state index >= 15 is 0 Å². The molecule has 2 atom stereocenters. The minimum absolute atomic E-state index is 0.256. The molecule has 2 aromatic heterocycles. The number of fused-ring (bicyclic) bond motifs is 1. The Labute approximate surface area is 176 Å². The van der Waals surface area contributed by atoms with Crippen LogP contribution in [0, 0.1) is 18.3 Å². The first-order valence-electron chi connectivity index (χ1n) is 10.7. The lowest BCUT2D eigenvalue weighted by Crippen LogP contribution is -2.36. The fourth-order valence-corrected chi connectivity index (χ4v) is 5.10. The van der Waals surface area contributed by atoms with Crippen molar-refractivity contribution in [1.29, 1.82) is 0 Å². The number of hydrogen-bond donors (Lipinski definition) is 2. The summed E-state index contributed by atoms with van der Waals surface area (Å²) in [5.74, 6) is 1.27. The molecule has 2 heterocycles. The third kappa shape index (κ3) is 3.80. The summed E-state index contributed by atoms with van der Waals surface area (Å²) in [7, 11) is 1.64. The van der Waals surface area contributed by atoms with E-state index in [2.05, 4.69) is 50.1 Å². The van der Waals surface area contributed by atoms with Crippen LogP contribution in [0.5, 0.6) is 0 Å². The van der Waals surface area contributed by atoms with Gasteiger partial charge in [-0.3, -0.25) is 18.9 Å². The lowest BCUT2D eigenvalue weighted by atomic mass is 9.71. The van der Waals surface area contributed by atoms with E-state index in [4.69, 9.17) is 4.98 Å². The van der Waals surface area contributed by atoms with Crippen LogP contribution in [-0.2, 0) is 13.6 Å². The average molecular weight is 410 g/mol. The van der Waals surface area contributed by atoms with Crippen molar-refractivity contribution in [3.63, 3.8) is 0 Å². The Hall–Kier alpha value is -2.83. The molecule has 1 aliphatic carbocycles. The van der Waals surface area contributed by atoms with Crippen molar-refractivity contribution in [3.8, 4) is 0 Å². The number of nitrogens with zero attached hydrogens (tertiary/aromatic N) is 3. The number of aromatic amines is 1. The van der Waals surface area contributed by atoms with Crippen molar-refractivity contribution in [3.05, 3.63) is 56.2 Å². The minimum atomic E-state index is -0.452. The number of benzene rings is 1. The van der Waals surface area contributed by atoms with Gasteiger partial charge in [0.05, 0.1) is 6.54 Å². The van der Waals surface area contributed by atoms with Crippen molar-refractivity contribution in [1.82, 2.24) is 19.1 Å². The maximum atomic E-state index is 12.8. The van der Waals surface area contributed by atoms with Crippen molar-refractivity contribution in [2.75, 3.05) is 5.32 Å². The molecule has 0 radical (unpaired) electrons. The number of aryl methyl sites for hydroxylation is 2. The summed E-state index contributed by atoms with van der Waals surface area (Å²) in [6.45, 7) is 9.48. The van der Waals surface area contributed by atoms with E-state index < -0.39 is 11.2 Å². The second kappa shape index (κ2) is 7.45. The average Bonchev–Trinajstić information content (AvgIpc) is 2.98. The second-order valence-electron chi connectivity index (χ2n) is 9.69. The molecule has 1 fully saturated rings. The van der Waals surface area contributed by atoms with Crippen molar-refractivity contribution in [2.45, 2.75) is 59.5 Å².